The Hall–Kier alpha value is -2.47. The highest BCUT2D eigenvalue weighted by atomic mass is 32.2. The fraction of sp³-hybridized carbons (Fsp3) is 0.222. The maximum atomic E-state index is 12.1. The van der Waals surface area contributed by atoms with Crippen LogP contribution in [-0.4, -0.2) is 37.2 Å². The van der Waals surface area contributed by atoms with E-state index in [1.54, 1.807) is 4.90 Å². The van der Waals surface area contributed by atoms with Gasteiger partial charge in [-0.25, -0.2) is 0 Å². The number of carbonyl (C=O) groups is 2. The summed E-state index contributed by atoms with van der Waals surface area (Å²) < 4.78 is 0. The van der Waals surface area contributed by atoms with Crippen LogP contribution < -0.4 is 15.5 Å². The molecule has 0 aliphatic carbocycles. The van der Waals surface area contributed by atoms with Gasteiger partial charge in [0.05, 0.1) is 11.4 Å². The third-order valence-corrected chi connectivity index (χ3v) is 4.71. The van der Waals surface area contributed by atoms with Crippen LogP contribution in [0.25, 0.3) is 0 Å². The highest BCUT2D eigenvalue weighted by Crippen LogP contribution is 2.34. The number of thioether (sulfide) groups is 1. The van der Waals surface area contributed by atoms with Gasteiger partial charge in [-0.15, -0.1) is 11.8 Å². The molecule has 3 rings (SSSR count). The predicted octanol–water partition coefficient (Wildman–Crippen LogP) is 2.35. The summed E-state index contributed by atoms with van der Waals surface area (Å²) in [7, 11) is 0. The van der Waals surface area contributed by atoms with E-state index >= 15 is 0 Å². The molecule has 5 nitrogen and oxygen atoms in total. The van der Waals surface area contributed by atoms with Crippen molar-refractivity contribution in [2.75, 3.05) is 35.6 Å². The van der Waals surface area contributed by atoms with E-state index in [9.17, 15) is 9.59 Å². The third-order valence-electron chi connectivity index (χ3n) is 3.66. The number of para-hydroxylation sites is 2. The molecule has 2 amide bonds. The Morgan fingerprint density at radius 2 is 1.79 bits per heavy atom. The van der Waals surface area contributed by atoms with Gasteiger partial charge in [0.15, 0.2) is 0 Å². The van der Waals surface area contributed by atoms with Crippen molar-refractivity contribution < 1.29 is 9.59 Å². The van der Waals surface area contributed by atoms with Crippen LogP contribution in [0.3, 0.4) is 0 Å². The van der Waals surface area contributed by atoms with Crippen molar-refractivity contribution in [2.45, 2.75) is 4.90 Å². The van der Waals surface area contributed by atoms with Crippen LogP contribution in [0.2, 0.25) is 0 Å². The van der Waals surface area contributed by atoms with E-state index in [4.69, 9.17) is 0 Å². The molecule has 0 spiro atoms. The maximum absolute atomic E-state index is 12.1. The van der Waals surface area contributed by atoms with Crippen LogP contribution in [0.1, 0.15) is 0 Å². The number of fused-ring (bicyclic) bond motifs is 1. The van der Waals surface area contributed by atoms with E-state index in [0.717, 1.165) is 16.3 Å². The maximum Gasteiger partial charge on any atom is 0.240 e. The number of nitrogens with zero attached hydrogens (tertiary/aromatic N) is 1. The molecular weight excluding hydrogens is 322 g/mol. The molecule has 0 unspecified atom stereocenters. The number of hydrogen-bond donors (Lipinski definition) is 2. The molecule has 0 bridgehead atoms. The Kier molecular flexibility index (Phi) is 5.38. The molecule has 1 aliphatic heterocycles. The first-order chi connectivity index (χ1) is 11.7. The third kappa shape index (κ3) is 4.08. The standard InChI is InChI=1S/C18H19N3O2S/c22-17(20-11-10-19-14-6-2-1-3-7-14)12-21-15-8-4-5-9-16(15)24-13-18(21)23/h1-9,19H,10-13H2,(H,20,22). The Morgan fingerprint density at radius 3 is 2.62 bits per heavy atom. The summed E-state index contributed by atoms with van der Waals surface area (Å²) in [5.74, 6) is 0.191. The summed E-state index contributed by atoms with van der Waals surface area (Å²) in [6.07, 6.45) is 0. The van der Waals surface area contributed by atoms with Gasteiger partial charge < -0.3 is 15.5 Å². The number of nitrogens with one attached hydrogen (secondary N) is 2. The first-order valence-corrected chi connectivity index (χ1v) is 8.80. The Labute approximate surface area is 145 Å². The quantitative estimate of drug-likeness (QED) is 0.792. The molecule has 6 heteroatoms. The highest BCUT2D eigenvalue weighted by Gasteiger charge is 2.25. The van der Waals surface area contributed by atoms with Crippen LogP contribution >= 0.6 is 11.8 Å². The minimum Gasteiger partial charge on any atom is -0.383 e. The molecule has 1 aliphatic rings. The van der Waals surface area contributed by atoms with E-state index in [1.165, 1.54) is 11.8 Å². The summed E-state index contributed by atoms with van der Waals surface area (Å²) in [5, 5.41) is 6.08. The topological polar surface area (TPSA) is 61.4 Å². The molecule has 24 heavy (non-hydrogen) atoms. The average Bonchev–Trinajstić information content (AvgIpc) is 2.62. The van der Waals surface area contributed by atoms with E-state index in [0.29, 0.717) is 18.8 Å². The van der Waals surface area contributed by atoms with Gasteiger partial charge in [0.1, 0.15) is 6.54 Å². The number of hydrogen-bond acceptors (Lipinski definition) is 4. The number of rotatable bonds is 6. The van der Waals surface area contributed by atoms with Crippen LogP contribution in [0, 0.1) is 0 Å². The molecule has 0 saturated carbocycles. The Balaban J connectivity index is 1.49. The van der Waals surface area contributed by atoms with Crippen molar-refractivity contribution in [3.8, 4) is 0 Å². The Bertz CT molecular complexity index is 721. The lowest BCUT2D eigenvalue weighted by atomic mass is 10.2. The molecule has 0 saturated heterocycles. The van der Waals surface area contributed by atoms with Gasteiger partial charge >= 0.3 is 0 Å². The SMILES string of the molecule is O=C(CN1C(=O)CSc2ccccc21)NCCNc1ccccc1. The van der Waals surface area contributed by atoms with Gasteiger partial charge in [0, 0.05) is 23.7 Å². The summed E-state index contributed by atoms with van der Waals surface area (Å²) in [6, 6.07) is 17.5. The van der Waals surface area contributed by atoms with E-state index in [1.807, 2.05) is 54.6 Å². The largest absolute Gasteiger partial charge is 0.383 e. The summed E-state index contributed by atoms with van der Waals surface area (Å²) in [4.78, 5) is 26.9. The van der Waals surface area contributed by atoms with Crippen LogP contribution in [0.5, 0.6) is 0 Å². The summed E-state index contributed by atoms with van der Waals surface area (Å²) in [6.45, 7) is 1.20. The minimum absolute atomic E-state index is 0.0312. The normalized spacial score (nSPS) is 13.3. The first-order valence-electron chi connectivity index (χ1n) is 7.82. The number of benzene rings is 2. The highest BCUT2D eigenvalue weighted by molar-refractivity contribution is 8.00. The fourth-order valence-corrected chi connectivity index (χ4v) is 3.43. The van der Waals surface area contributed by atoms with Crippen molar-refractivity contribution in [1.29, 1.82) is 0 Å². The second-order valence-corrected chi connectivity index (χ2v) is 6.40. The second-order valence-electron chi connectivity index (χ2n) is 5.38. The van der Waals surface area contributed by atoms with Gasteiger partial charge in [-0.3, -0.25) is 9.59 Å². The second kappa shape index (κ2) is 7.88. The lowest BCUT2D eigenvalue weighted by Crippen LogP contribution is -2.44. The number of carbonyl (C=O) groups excluding carboxylic acids is 2. The number of amides is 2. The van der Waals surface area contributed by atoms with E-state index in [-0.39, 0.29) is 18.4 Å². The lowest BCUT2D eigenvalue weighted by Gasteiger charge is -2.28. The molecule has 0 fully saturated rings. The molecule has 2 aromatic rings. The fourth-order valence-electron chi connectivity index (χ4n) is 2.49. The lowest BCUT2D eigenvalue weighted by molar-refractivity contribution is -0.122. The summed E-state index contributed by atoms with van der Waals surface area (Å²) >= 11 is 1.51. The van der Waals surface area contributed by atoms with Crippen molar-refractivity contribution >= 4 is 35.0 Å². The van der Waals surface area contributed by atoms with Gasteiger partial charge in [-0.2, -0.15) is 0 Å². The van der Waals surface area contributed by atoms with Crippen molar-refractivity contribution in [3.05, 3.63) is 54.6 Å². The van der Waals surface area contributed by atoms with Gasteiger partial charge in [-0.1, -0.05) is 30.3 Å². The molecule has 0 atom stereocenters. The van der Waals surface area contributed by atoms with Gasteiger partial charge in [-0.05, 0) is 24.3 Å². The number of anilines is 2. The first kappa shape index (κ1) is 16.4. The zero-order chi connectivity index (χ0) is 16.8. The van der Waals surface area contributed by atoms with Crippen molar-refractivity contribution in [1.82, 2.24) is 5.32 Å². The minimum atomic E-state index is -0.153. The predicted molar refractivity (Wildman–Crippen MR) is 97.5 cm³/mol. The van der Waals surface area contributed by atoms with Crippen LogP contribution in [0.15, 0.2) is 59.5 Å². The molecule has 0 aromatic heterocycles. The van der Waals surface area contributed by atoms with Gasteiger partial charge in [0.25, 0.3) is 0 Å². The van der Waals surface area contributed by atoms with Crippen molar-refractivity contribution in [2.24, 2.45) is 0 Å². The molecular formula is C18H19N3O2S. The van der Waals surface area contributed by atoms with Crippen LogP contribution in [-0.2, 0) is 9.59 Å². The molecule has 124 valence electrons. The van der Waals surface area contributed by atoms with Gasteiger partial charge in [0.2, 0.25) is 11.8 Å². The monoisotopic (exact) mass is 341 g/mol. The summed E-state index contributed by atoms with van der Waals surface area (Å²) in [5.41, 5.74) is 1.83. The molecule has 2 aromatic carbocycles. The average molecular weight is 341 g/mol. The van der Waals surface area contributed by atoms with Crippen LogP contribution in [0.4, 0.5) is 11.4 Å². The molecule has 0 radical (unpaired) electrons. The van der Waals surface area contributed by atoms with E-state index < -0.39 is 0 Å². The van der Waals surface area contributed by atoms with E-state index in [2.05, 4.69) is 10.6 Å². The smallest absolute Gasteiger partial charge is 0.240 e. The Morgan fingerprint density at radius 1 is 1.04 bits per heavy atom. The molecule has 1 heterocycles. The van der Waals surface area contributed by atoms with Crippen molar-refractivity contribution in [3.63, 3.8) is 0 Å². The molecule has 2 N–H and O–H groups in total. The zero-order valence-corrected chi connectivity index (χ0v) is 14.0. The zero-order valence-electron chi connectivity index (χ0n) is 13.2.